The van der Waals surface area contributed by atoms with Crippen LogP contribution in [0.25, 0.3) is 0 Å². The van der Waals surface area contributed by atoms with Crippen molar-refractivity contribution >= 4 is 5.91 Å². The van der Waals surface area contributed by atoms with Crippen LogP contribution in [0.2, 0.25) is 0 Å². The monoisotopic (exact) mass is 300 g/mol. The quantitative estimate of drug-likeness (QED) is 0.848. The van der Waals surface area contributed by atoms with Gasteiger partial charge in [-0.25, -0.2) is 0 Å². The predicted octanol–water partition coefficient (Wildman–Crippen LogP) is 2.92. The van der Waals surface area contributed by atoms with Gasteiger partial charge >= 0.3 is 6.18 Å². The number of hydrogen-bond donors (Lipinski definition) is 2. The molecule has 0 saturated heterocycles. The van der Waals surface area contributed by atoms with Gasteiger partial charge in [-0.3, -0.25) is 4.79 Å². The number of carbonyl (C=O) groups excluding carboxylic acids is 1. The van der Waals surface area contributed by atoms with Crippen LogP contribution >= 0.6 is 0 Å². The second kappa shape index (κ2) is 5.67. The Kier molecular flexibility index (Phi) is 4.27. The molecule has 1 aliphatic carbocycles. The van der Waals surface area contributed by atoms with E-state index >= 15 is 0 Å². The zero-order chi connectivity index (χ0) is 15.7. The van der Waals surface area contributed by atoms with Gasteiger partial charge in [-0.05, 0) is 25.3 Å². The highest BCUT2D eigenvalue weighted by molar-refractivity contribution is 5.73. The summed E-state index contributed by atoms with van der Waals surface area (Å²) in [4.78, 5) is 10.8. The van der Waals surface area contributed by atoms with Crippen molar-refractivity contribution < 1.29 is 18.0 Å². The Labute approximate surface area is 121 Å². The molecular formula is C15H19F3N2O. The van der Waals surface area contributed by atoms with Crippen LogP contribution < -0.4 is 11.1 Å². The Morgan fingerprint density at radius 1 is 1.43 bits per heavy atom. The van der Waals surface area contributed by atoms with E-state index in [9.17, 15) is 18.0 Å². The molecule has 3 atom stereocenters. The lowest BCUT2D eigenvalue weighted by Gasteiger charge is -2.23. The number of benzene rings is 1. The SMILES string of the molecule is C[C@@H](NC1CC1(CCC(N)=O)C(F)(F)F)c1ccccc1. The molecule has 1 aromatic rings. The van der Waals surface area contributed by atoms with Gasteiger partial charge in [0.05, 0.1) is 5.41 Å². The number of nitrogens with one attached hydrogen (secondary N) is 1. The van der Waals surface area contributed by atoms with Gasteiger partial charge in [0.15, 0.2) is 0 Å². The molecule has 1 saturated carbocycles. The highest BCUT2D eigenvalue weighted by atomic mass is 19.4. The first kappa shape index (κ1) is 15.8. The van der Waals surface area contributed by atoms with E-state index < -0.39 is 23.5 Å². The summed E-state index contributed by atoms with van der Waals surface area (Å²) in [6.45, 7) is 1.84. The van der Waals surface area contributed by atoms with Crippen LogP contribution in [-0.2, 0) is 4.79 Å². The molecule has 1 amide bonds. The largest absolute Gasteiger partial charge is 0.396 e. The summed E-state index contributed by atoms with van der Waals surface area (Å²) >= 11 is 0. The van der Waals surface area contributed by atoms with E-state index in [-0.39, 0.29) is 25.3 Å². The fraction of sp³-hybridized carbons (Fsp3) is 0.533. The highest BCUT2D eigenvalue weighted by Crippen LogP contribution is 2.61. The molecule has 0 spiro atoms. The Balaban J connectivity index is 2.03. The topological polar surface area (TPSA) is 55.1 Å². The van der Waals surface area contributed by atoms with Crippen molar-refractivity contribution in [1.29, 1.82) is 0 Å². The molecule has 0 radical (unpaired) electrons. The van der Waals surface area contributed by atoms with Crippen molar-refractivity contribution in [3.63, 3.8) is 0 Å². The molecule has 0 aliphatic heterocycles. The second-order valence-electron chi connectivity index (χ2n) is 5.68. The van der Waals surface area contributed by atoms with Gasteiger partial charge in [0, 0.05) is 18.5 Å². The number of amides is 1. The van der Waals surface area contributed by atoms with Gasteiger partial charge in [0.1, 0.15) is 0 Å². The zero-order valence-corrected chi connectivity index (χ0v) is 11.8. The standard InChI is InChI=1S/C15H19F3N2O/c1-10(11-5-3-2-4-6-11)20-12-9-14(12,15(16,17)18)8-7-13(19)21/h2-6,10,12,20H,7-9H2,1H3,(H2,19,21)/t10-,12?,14?/m1/s1. The molecule has 6 heteroatoms. The summed E-state index contributed by atoms with van der Waals surface area (Å²) in [6.07, 6.45) is -4.81. The van der Waals surface area contributed by atoms with E-state index in [1.165, 1.54) is 0 Å². The predicted molar refractivity (Wildman–Crippen MR) is 73.3 cm³/mol. The molecule has 2 rings (SSSR count). The van der Waals surface area contributed by atoms with Crippen LogP contribution in [0.4, 0.5) is 13.2 Å². The van der Waals surface area contributed by atoms with Gasteiger partial charge in [-0.15, -0.1) is 0 Å². The molecule has 3 N–H and O–H groups in total. The van der Waals surface area contributed by atoms with E-state index in [1.54, 1.807) is 0 Å². The van der Waals surface area contributed by atoms with Crippen molar-refractivity contribution in [3.05, 3.63) is 35.9 Å². The second-order valence-corrected chi connectivity index (χ2v) is 5.68. The molecule has 0 aromatic heterocycles. The maximum absolute atomic E-state index is 13.3. The van der Waals surface area contributed by atoms with Crippen LogP contribution in [-0.4, -0.2) is 18.1 Å². The number of rotatable bonds is 6. The third-order valence-electron chi connectivity index (χ3n) is 4.21. The normalized spacial score (nSPS) is 26.4. The highest BCUT2D eigenvalue weighted by Gasteiger charge is 2.70. The Hall–Kier alpha value is -1.56. The van der Waals surface area contributed by atoms with E-state index in [4.69, 9.17) is 5.73 Å². The van der Waals surface area contributed by atoms with Crippen LogP contribution in [0.5, 0.6) is 0 Å². The maximum atomic E-state index is 13.3. The molecule has 2 unspecified atom stereocenters. The van der Waals surface area contributed by atoms with Crippen molar-refractivity contribution in [2.45, 2.75) is 44.4 Å². The number of nitrogens with two attached hydrogens (primary N) is 1. The van der Waals surface area contributed by atoms with Crippen LogP contribution in [0.15, 0.2) is 30.3 Å². The minimum absolute atomic E-state index is 0.000946. The van der Waals surface area contributed by atoms with Crippen molar-refractivity contribution in [1.82, 2.24) is 5.32 Å². The molecule has 0 bridgehead atoms. The van der Waals surface area contributed by atoms with E-state index in [0.29, 0.717) is 0 Å². The van der Waals surface area contributed by atoms with E-state index in [1.807, 2.05) is 37.3 Å². The Morgan fingerprint density at radius 2 is 2.05 bits per heavy atom. The van der Waals surface area contributed by atoms with Crippen molar-refractivity contribution in [2.75, 3.05) is 0 Å². The van der Waals surface area contributed by atoms with Gasteiger partial charge < -0.3 is 11.1 Å². The van der Waals surface area contributed by atoms with Gasteiger partial charge in [-0.2, -0.15) is 13.2 Å². The average Bonchev–Trinajstić information content (AvgIpc) is 3.11. The molecule has 0 heterocycles. The first-order valence-electron chi connectivity index (χ1n) is 6.92. The van der Waals surface area contributed by atoms with Crippen LogP contribution in [0.1, 0.15) is 37.8 Å². The van der Waals surface area contributed by atoms with Crippen LogP contribution in [0.3, 0.4) is 0 Å². The maximum Gasteiger partial charge on any atom is 0.396 e. The number of halogens is 3. The number of hydrogen-bond acceptors (Lipinski definition) is 2. The molecule has 116 valence electrons. The van der Waals surface area contributed by atoms with E-state index in [2.05, 4.69) is 5.32 Å². The molecule has 1 aromatic carbocycles. The summed E-state index contributed by atoms with van der Waals surface area (Å²) in [7, 11) is 0. The van der Waals surface area contributed by atoms with Gasteiger partial charge in [0.25, 0.3) is 0 Å². The first-order valence-corrected chi connectivity index (χ1v) is 6.92. The zero-order valence-electron chi connectivity index (χ0n) is 11.8. The fourth-order valence-corrected chi connectivity index (χ4v) is 2.74. The van der Waals surface area contributed by atoms with Crippen LogP contribution in [0, 0.1) is 5.41 Å². The lowest BCUT2D eigenvalue weighted by molar-refractivity contribution is -0.191. The smallest absolute Gasteiger partial charge is 0.370 e. The average molecular weight is 300 g/mol. The molecule has 1 fully saturated rings. The summed E-state index contributed by atoms with van der Waals surface area (Å²) in [6, 6.07) is 8.48. The minimum Gasteiger partial charge on any atom is -0.370 e. The third-order valence-corrected chi connectivity index (χ3v) is 4.21. The summed E-state index contributed by atoms with van der Waals surface area (Å²) < 4.78 is 39.8. The summed E-state index contributed by atoms with van der Waals surface area (Å²) in [5.41, 5.74) is 4.11. The van der Waals surface area contributed by atoms with Gasteiger partial charge in [-0.1, -0.05) is 30.3 Å². The summed E-state index contributed by atoms with van der Waals surface area (Å²) in [5.74, 6) is -0.694. The number of carbonyl (C=O) groups is 1. The molecule has 21 heavy (non-hydrogen) atoms. The Morgan fingerprint density at radius 3 is 2.57 bits per heavy atom. The van der Waals surface area contributed by atoms with Crippen molar-refractivity contribution in [3.8, 4) is 0 Å². The lowest BCUT2D eigenvalue weighted by atomic mass is 9.97. The molecule has 1 aliphatic rings. The first-order chi connectivity index (χ1) is 9.76. The molecular weight excluding hydrogens is 281 g/mol. The number of primary amides is 1. The van der Waals surface area contributed by atoms with E-state index in [0.717, 1.165) is 5.56 Å². The fourth-order valence-electron chi connectivity index (χ4n) is 2.74. The molecule has 3 nitrogen and oxygen atoms in total. The lowest BCUT2D eigenvalue weighted by Crippen LogP contribution is -2.35. The van der Waals surface area contributed by atoms with Crippen molar-refractivity contribution in [2.24, 2.45) is 11.1 Å². The number of alkyl halides is 3. The third kappa shape index (κ3) is 3.37. The summed E-state index contributed by atoms with van der Waals surface area (Å²) in [5, 5.41) is 3.02. The minimum atomic E-state index is -4.32. The van der Waals surface area contributed by atoms with Gasteiger partial charge in [0.2, 0.25) is 5.91 Å². The Bertz CT molecular complexity index is 503.